The molecule has 0 saturated carbocycles. The first kappa shape index (κ1) is 16.5. The van der Waals surface area contributed by atoms with Crippen LogP contribution < -0.4 is 4.90 Å². The van der Waals surface area contributed by atoms with Gasteiger partial charge in [0.15, 0.2) is 5.82 Å². The Balaban J connectivity index is 1.26. The molecule has 2 aromatic rings. The summed E-state index contributed by atoms with van der Waals surface area (Å²) in [5, 5.41) is 3.93. The van der Waals surface area contributed by atoms with Gasteiger partial charge in [-0.1, -0.05) is 23.4 Å². The summed E-state index contributed by atoms with van der Waals surface area (Å²) in [6.45, 7) is 5.70. The number of hydrogen-bond acceptors (Lipinski definition) is 6. The molecule has 0 spiro atoms. The molecule has 0 N–H and O–H groups in total. The zero-order chi connectivity index (χ0) is 17.1. The summed E-state index contributed by atoms with van der Waals surface area (Å²) in [5.74, 6) is 2.09. The number of methoxy groups -OCH3 is 1. The Morgan fingerprint density at radius 1 is 1.20 bits per heavy atom. The Morgan fingerprint density at radius 2 is 2.04 bits per heavy atom. The normalized spacial score (nSPS) is 18.7. The SMILES string of the molecule is COCc1noc(CN2CCC(CN3CCc4ccccc43)CC2)n1. The predicted octanol–water partition coefficient (Wildman–Crippen LogP) is 2.49. The number of likely N-dealkylation sites (tertiary alicyclic amines) is 1. The van der Waals surface area contributed by atoms with E-state index >= 15 is 0 Å². The van der Waals surface area contributed by atoms with Crippen LogP contribution in [0.3, 0.4) is 0 Å². The molecule has 0 bridgehead atoms. The van der Waals surface area contributed by atoms with Crippen molar-refractivity contribution in [3.8, 4) is 0 Å². The van der Waals surface area contributed by atoms with Crippen LogP contribution in [0.2, 0.25) is 0 Å². The van der Waals surface area contributed by atoms with Crippen LogP contribution in [0.4, 0.5) is 5.69 Å². The van der Waals surface area contributed by atoms with Gasteiger partial charge in [0, 0.05) is 25.9 Å². The number of benzene rings is 1. The maximum atomic E-state index is 5.30. The molecular formula is C19H26N4O2. The number of nitrogens with zero attached hydrogens (tertiary/aromatic N) is 4. The van der Waals surface area contributed by atoms with Gasteiger partial charge in [-0.2, -0.15) is 4.98 Å². The van der Waals surface area contributed by atoms with Crippen molar-refractivity contribution in [1.29, 1.82) is 0 Å². The highest BCUT2D eigenvalue weighted by molar-refractivity contribution is 5.57. The number of rotatable bonds is 6. The van der Waals surface area contributed by atoms with Crippen molar-refractivity contribution in [3.63, 3.8) is 0 Å². The van der Waals surface area contributed by atoms with Crippen molar-refractivity contribution in [3.05, 3.63) is 41.5 Å². The Morgan fingerprint density at radius 3 is 2.88 bits per heavy atom. The van der Waals surface area contributed by atoms with Crippen molar-refractivity contribution < 1.29 is 9.26 Å². The first-order valence-electron chi connectivity index (χ1n) is 9.17. The third-order valence-electron chi connectivity index (χ3n) is 5.31. The van der Waals surface area contributed by atoms with Crippen molar-refractivity contribution in [1.82, 2.24) is 15.0 Å². The van der Waals surface area contributed by atoms with Crippen LogP contribution in [0.1, 0.15) is 30.1 Å². The van der Waals surface area contributed by atoms with Gasteiger partial charge in [-0.15, -0.1) is 0 Å². The molecule has 0 radical (unpaired) electrons. The summed E-state index contributed by atoms with van der Waals surface area (Å²) in [7, 11) is 1.64. The van der Waals surface area contributed by atoms with E-state index in [4.69, 9.17) is 9.26 Å². The summed E-state index contributed by atoms with van der Waals surface area (Å²) in [5.41, 5.74) is 2.95. The third kappa shape index (κ3) is 3.85. The number of fused-ring (bicyclic) bond motifs is 1. The van der Waals surface area contributed by atoms with Gasteiger partial charge in [0.2, 0.25) is 5.89 Å². The van der Waals surface area contributed by atoms with E-state index in [1.807, 2.05) is 0 Å². The lowest BCUT2D eigenvalue weighted by atomic mass is 9.96. The van der Waals surface area contributed by atoms with Crippen molar-refractivity contribution >= 4 is 5.69 Å². The number of aromatic nitrogens is 2. The zero-order valence-electron chi connectivity index (χ0n) is 14.9. The lowest BCUT2D eigenvalue weighted by Gasteiger charge is -2.33. The second-order valence-electron chi connectivity index (χ2n) is 7.08. The minimum Gasteiger partial charge on any atom is -0.377 e. The fourth-order valence-electron chi connectivity index (χ4n) is 3.97. The maximum Gasteiger partial charge on any atom is 0.240 e. The van der Waals surface area contributed by atoms with Gasteiger partial charge in [-0.25, -0.2) is 0 Å². The summed E-state index contributed by atoms with van der Waals surface area (Å²) in [4.78, 5) is 9.36. The van der Waals surface area contributed by atoms with Gasteiger partial charge in [0.1, 0.15) is 6.61 Å². The van der Waals surface area contributed by atoms with Crippen LogP contribution in [-0.2, 0) is 24.3 Å². The molecule has 6 heteroatoms. The van der Waals surface area contributed by atoms with E-state index in [-0.39, 0.29) is 0 Å². The molecule has 25 heavy (non-hydrogen) atoms. The second-order valence-corrected chi connectivity index (χ2v) is 7.08. The molecule has 0 aliphatic carbocycles. The Labute approximate surface area is 148 Å². The number of para-hydroxylation sites is 1. The highest BCUT2D eigenvalue weighted by atomic mass is 16.5. The van der Waals surface area contributed by atoms with E-state index < -0.39 is 0 Å². The summed E-state index contributed by atoms with van der Waals surface area (Å²) >= 11 is 0. The molecule has 3 heterocycles. The number of anilines is 1. The second kappa shape index (κ2) is 7.54. The summed E-state index contributed by atoms with van der Waals surface area (Å²) < 4.78 is 10.3. The van der Waals surface area contributed by atoms with Crippen LogP contribution >= 0.6 is 0 Å². The Kier molecular flexibility index (Phi) is 4.99. The quantitative estimate of drug-likeness (QED) is 0.804. The van der Waals surface area contributed by atoms with Gasteiger partial charge >= 0.3 is 0 Å². The molecule has 0 unspecified atom stereocenters. The van der Waals surface area contributed by atoms with Crippen molar-refractivity contribution in [2.24, 2.45) is 5.92 Å². The molecule has 1 aromatic heterocycles. The average Bonchev–Trinajstić information content (AvgIpc) is 3.24. The molecule has 0 amide bonds. The van der Waals surface area contributed by atoms with Gasteiger partial charge in [-0.05, 0) is 49.9 Å². The maximum absolute atomic E-state index is 5.30. The van der Waals surface area contributed by atoms with E-state index in [0.29, 0.717) is 18.3 Å². The van der Waals surface area contributed by atoms with Crippen molar-refractivity contribution in [2.45, 2.75) is 32.4 Å². The van der Waals surface area contributed by atoms with E-state index in [1.165, 1.54) is 43.6 Å². The van der Waals surface area contributed by atoms with Gasteiger partial charge in [0.25, 0.3) is 0 Å². The average molecular weight is 342 g/mol. The van der Waals surface area contributed by atoms with Crippen LogP contribution in [0.25, 0.3) is 0 Å². The Hall–Kier alpha value is -1.92. The molecule has 134 valence electrons. The fraction of sp³-hybridized carbons (Fsp3) is 0.579. The Bertz CT molecular complexity index is 694. The van der Waals surface area contributed by atoms with Crippen LogP contribution in [-0.4, -0.2) is 48.3 Å². The molecule has 2 aliphatic heterocycles. The van der Waals surface area contributed by atoms with Gasteiger partial charge < -0.3 is 14.2 Å². The summed E-state index contributed by atoms with van der Waals surface area (Å²) in [6, 6.07) is 8.84. The van der Waals surface area contributed by atoms with Gasteiger partial charge in [-0.3, -0.25) is 4.90 Å². The van der Waals surface area contributed by atoms with Crippen molar-refractivity contribution in [2.75, 3.05) is 38.2 Å². The monoisotopic (exact) mass is 342 g/mol. The van der Waals surface area contributed by atoms with E-state index in [1.54, 1.807) is 7.11 Å². The summed E-state index contributed by atoms with van der Waals surface area (Å²) in [6.07, 6.45) is 3.66. The van der Waals surface area contributed by atoms with Gasteiger partial charge in [0.05, 0.1) is 6.54 Å². The third-order valence-corrected chi connectivity index (χ3v) is 5.31. The van der Waals surface area contributed by atoms with Crippen LogP contribution in [0.5, 0.6) is 0 Å². The molecule has 4 rings (SSSR count). The standard InChI is InChI=1S/C19H26N4O2/c1-24-14-18-20-19(25-21-18)13-22-9-6-15(7-10-22)12-23-11-8-16-4-2-3-5-17(16)23/h2-5,15H,6-14H2,1H3. The van der Waals surface area contributed by atoms with E-state index in [2.05, 4.69) is 44.2 Å². The minimum absolute atomic E-state index is 0.406. The number of ether oxygens (including phenoxy) is 1. The first-order valence-corrected chi connectivity index (χ1v) is 9.17. The molecule has 2 aliphatic rings. The highest BCUT2D eigenvalue weighted by Gasteiger charge is 2.25. The molecule has 1 saturated heterocycles. The van der Waals surface area contributed by atoms with Crippen LogP contribution in [0, 0.1) is 5.92 Å². The smallest absolute Gasteiger partial charge is 0.240 e. The lowest BCUT2D eigenvalue weighted by Crippen LogP contribution is -2.38. The lowest BCUT2D eigenvalue weighted by molar-refractivity contribution is 0.160. The van der Waals surface area contributed by atoms with E-state index in [0.717, 1.165) is 25.6 Å². The molecule has 6 nitrogen and oxygen atoms in total. The predicted molar refractivity (Wildman–Crippen MR) is 95.4 cm³/mol. The molecule has 0 atom stereocenters. The fourth-order valence-corrected chi connectivity index (χ4v) is 3.97. The topological polar surface area (TPSA) is 54.6 Å². The highest BCUT2D eigenvalue weighted by Crippen LogP contribution is 2.30. The largest absolute Gasteiger partial charge is 0.377 e. The number of piperidine rings is 1. The molecule has 1 fully saturated rings. The number of hydrogen-bond donors (Lipinski definition) is 0. The van der Waals surface area contributed by atoms with E-state index in [9.17, 15) is 0 Å². The van der Waals surface area contributed by atoms with Crippen LogP contribution in [0.15, 0.2) is 28.8 Å². The molecular weight excluding hydrogens is 316 g/mol. The molecule has 1 aromatic carbocycles. The zero-order valence-corrected chi connectivity index (χ0v) is 14.9. The minimum atomic E-state index is 0.406. The first-order chi connectivity index (χ1) is 12.3.